The molecule has 0 fully saturated rings. The van der Waals surface area contributed by atoms with Gasteiger partial charge in [-0.05, 0) is 28.1 Å². The molecule has 1 aromatic rings. The molecule has 1 aromatic carbocycles. The Kier molecular flexibility index (Phi) is 5.55. The van der Waals surface area contributed by atoms with E-state index >= 15 is 0 Å². The molecule has 0 spiro atoms. The summed E-state index contributed by atoms with van der Waals surface area (Å²) in [4.78, 5) is 10.2. The Morgan fingerprint density at radius 2 is 2.33 bits per heavy atom. The van der Waals surface area contributed by atoms with Crippen LogP contribution >= 0.6 is 15.9 Å². The van der Waals surface area contributed by atoms with E-state index in [1.165, 1.54) is 12.1 Å². The van der Waals surface area contributed by atoms with E-state index < -0.39 is 11.8 Å². The first-order valence-corrected chi connectivity index (χ1v) is 5.77. The van der Waals surface area contributed by atoms with Crippen molar-refractivity contribution < 1.29 is 19.0 Å². The Bertz CT molecular complexity index is 488. The van der Waals surface area contributed by atoms with Gasteiger partial charge in [0.05, 0.1) is 22.3 Å². The van der Waals surface area contributed by atoms with Gasteiger partial charge in [-0.1, -0.05) is 0 Å². The molecule has 0 bridgehead atoms. The Labute approximate surface area is 111 Å². The standard InChI is InChI=1S/C11H10BrFN2O3/c12-10-7(5-14)1-2-8(11(10)13)15-3-4-18-6-9(16)17/h1-2,15H,3-4,6H2,(H,16,17). The maximum atomic E-state index is 13.7. The number of carboxylic acids is 1. The van der Waals surface area contributed by atoms with Gasteiger partial charge in [0.15, 0.2) is 5.82 Å². The van der Waals surface area contributed by atoms with Gasteiger partial charge in [-0.25, -0.2) is 9.18 Å². The van der Waals surface area contributed by atoms with Crippen molar-refractivity contribution in [2.45, 2.75) is 0 Å². The molecule has 0 heterocycles. The lowest BCUT2D eigenvalue weighted by molar-refractivity contribution is -0.142. The minimum Gasteiger partial charge on any atom is -0.480 e. The number of hydrogen-bond donors (Lipinski definition) is 2. The van der Waals surface area contributed by atoms with E-state index in [2.05, 4.69) is 21.2 Å². The maximum Gasteiger partial charge on any atom is 0.329 e. The zero-order valence-electron chi connectivity index (χ0n) is 9.24. The quantitative estimate of drug-likeness (QED) is 0.784. The van der Waals surface area contributed by atoms with E-state index in [9.17, 15) is 9.18 Å². The van der Waals surface area contributed by atoms with Crippen LogP contribution < -0.4 is 5.32 Å². The molecule has 5 nitrogen and oxygen atoms in total. The molecule has 0 aromatic heterocycles. The average molecular weight is 317 g/mol. The van der Waals surface area contributed by atoms with Crippen molar-refractivity contribution in [3.05, 3.63) is 28.0 Å². The molecule has 18 heavy (non-hydrogen) atoms. The number of carbonyl (C=O) groups is 1. The summed E-state index contributed by atoms with van der Waals surface area (Å²) in [7, 11) is 0. The Morgan fingerprint density at radius 3 is 2.94 bits per heavy atom. The van der Waals surface area contributed by atoms with Gasteiger partial charge in [0.2, 0.25) is 0 Å². The molecule has 0 saturated heterocycles. The fourth-order valence-corrected chi connectivity index (χ4v) is 1.62. The summed E-state index contributed by atoms with van der Waals surface area (Å²) in [6.45, 7) is 0.0210. The lowest BCUT2D eigenvalue weighted by Gasteiger charge is -2.09. The second-order valence-corrected chi connectivity index (χ2v) is 4.07. The van der Waals surface area contributed by atoms with E-state index in [1.54, 1.807) is 0 Å². The molecular weight excluding hydrogens is 307 g/mol. The molecule has 1 rings (SSSR count). The van der Waals surface area contributed by atoms with Crippen LogP contribution in [-0.4, -0.2) is 30.8 Å². The molecule has 0 saturated carbocycles. The van der Waals surface area contributed by atoms with Gasteiger partial charge in [0.1, 0.15) is 12.7 Å². The van der Waals surface area contributed by atoms with E-state index in [-0.39, 0.29) is 35.5 Å². The molecule has 7 heteroatoms. The second-order valence-electron chi connectivity index (χ2n) is 3.27. The zero-order valence-corrected chi connectivity index (χ0v) is 10.8. The van der Waals surface area contributed by atoms with Crippen molar-refractivity contribution >= 4 is 27.6 Å². The van der Waals surface area contributed by atoms with Crippen LogP contribution in [0.2, 0.25) is 0 Å². The van der Waals surface area contributed by atoms with E-state index in [1.807, 2.05) is 6.07 Å². The fourth-order valence-electron chi connectivity index (χ4n) is 1.19. The van der Waals surface area contributed by atoms with Crippen molar-refractivity contribution in [2.24, 2.45) is 0 Å². The number of ether oxygens (including phenoxy) is 1. The first-order chi connectivity index (χ1) is 8.56. The number of nitrogens with one attached hydrogen (secondary N) is 1. The predicted octanol–water partition coefficient (Wildman–Crippen LogP) is 1.97. The number of anilines is 1. The highest BCUT2D eigenvalue weighted by molar-refractivity contribution is 9.10. The van der Waals surface area contributed by atoms with Crippen LogP contribution in [0.1, 0.15) is 5.56 Å². The smallest absolute Gasteiger partial charge is 0.329 e. The SMILES string of the molecule is N#Cc1ccc(NCCOCC(=O)O)c(F)c1Br. The molecule has 0 aliphatic heterocycles. The molecule has 0 amide bonds. The summed E-state index contributed by atoms with van der Waals surface area (Å²) in [5, 5.41) is 19.8. The van der Waals surface area contributed by atoms with Gasteiger partial charge in [0, 0.05) is 6.54 Å². The van der Waals surface area contributed by atoms with Crippen LogP contribution in [-0.2, 0) is 9.53 Å². The molecule has 0 aliphatic carbocycles. The Balaban J connectivity index is 2.51. The first kappa shape index (κ1) is 14.4. The molecule has 0 aliphatic rings. The number of nitriles is 1. The first-order valence-electron chi connectivity index (χ1n) is 4.97. The number of nitrogens with zero attached hydrogens (tertiary/aromatic N) is 1. The van der Waals surface area contributed by atoms with Crippen LogP contribution in [0.5, 0.6) is 0 Å². The summed E-state index contributed by atoms with van der Waals surface area (Å²) in [5.41, 5.74) is 0.431. The van der Waals surface area contributed by atoms with Crippen molar-refractivity contribution in [1.29, 1.82) is 5.26 Å². The summed E-state index contributed by atoms with van der Waals surface area (Å²) in [6.07, 6.45) is 0. The topological polar surface area (TPSA) is 82.3 Å². The largest absolute Gasteiger partial charge is 0.480 e. The number of aliphatic carboxylic acids is 1. The Hall–Kier alpha value is -1.65. The average Bonchev–Trinajstić information content (AvgIpc) is 2.33. The fraction of sp³-hybridized carbons (Fsp3) is 0.273. The molecule has 96 valence electrons. The highest BCUT2D eigenvalue weighted by Gasteiger charge is 2.10. The van der Waals surface area contributed by atoms with Gasteiger partial charge < -0.3 is 15.2 Å². The van der Waals surface area contributed by atoms with Gasteiger partial charge in [-0.2, -0.15) is 5.26 Å². The normalized spacial score (nSPS) is 9.83. The number of rotatable bonds is 6. The number of carboxylic acid groups (broad SMARTS) is 1. The van der Waals surface area contributed by atoms with Gasteiger partial charge >= 0.3 is 5.97 Å². The lowest BCUT2D eigenvalue weighted by atomic mass is 10.2. The zero-order chi connectivity index (χ0) is 13.5. The van der Waals surface area contributed by atoms with Crippen molar-refractivity contribution in [1.82, 2.24) is 0 Å². The highest BCUT2D eigenvalue weighted by Crippen LogP contribution is 2.26. The monoisotopic (exact) mass is 316 g/mol. The molecule has 2 N–H and O–H groups in total. The summed E-state index contributed by atoms with van der Waals surface area (Å²) >= 11 is 2.99. The van der Waals surface area contributed by atoms with Gasteiger partial charge in [0.25, 0.3) is 0 Å². The third kappa shape index (κ3) is 3.98. The minimum atomic E-state index is -1.05. The van der Waals surface area contributed by atoms with E-state index in [4.69, 9.17) is 15.1 Å². The minimum absolute atomic E-state index is 0.0986. The number of hydrogen-bond acceptors (Lipinski definition) is 4. The number of benzene rings is 1. The maximum absolute atomic E-state index is 13.7. The molecule has 0 radical (unpaired) electrons. The van der Waals surface area contributed by atoms with Crippen molar-refractivity contribution in [2.75, 3.05) is 25.1 Å². The lowest BCUT2D eigenvalue weighted by Crippen LogP contribution is -2.14. The van der Waals surface area contributed by atoms with E-state index in [0.29, 0.717) is 0 Å². The van der Waals surface area contributed by atoms with Crippen molar-refractivity contribution in [3.63, 3.8) is 0 Å². The van der Waals surface area contributed by atoms with Gasteiger partial charge in [-0.3, -0.25) is 0 Å². The summed E-state index contributed by atoms with van der Waals surface area (Å²) in [6, 6.07) is 4.77. The second kappa shape index (κ2) is 6.93. The highest BCUT2D eigenvalue weighted by atomic mass is 79.9. The molecular formula is C11H10BrFN2O3. The Morgan fingerprint density at radius 1 is 1.61 bits per heavy atom. The molecule has 0 atom stereocenters. The van der Waals surface area contributed by atoms with Crippen LogP contribution in [0.15, 0.2) is 16.6 Å². The third-order valence-electron chi connectivity index (χ3n) is 1.99. The van der Waals surface area contributed by atoms with Gasteiger partial charge in [-0.15, -0.1) is 0 Å². The summed E-state index contributed by atoms with van der Waals surface area (Å²) in [5.74, 6) is -1.62. The summed E-state index contributed by atoms with van der Waals surface area (Å²) < 4.78 is 18.6. The number of halogens is 2. The molecule has 0 unspecified atom stereocenters. The third-order valence-corrected chi connectivity index (χ3v) is 2.77. The predicted molar refractivity (Wildman–Crippen MR) is 65.8 cm³/mol. The van der Waals surface area contributed by atoms with Crippen molar-refractivity contribution in [3.8, 4) is 6.07 Å². The van der Waals surface area contributed by atoms with E-state index in [0.717, 1.165) is 0 Å². The van der Waals surface area contributed by atoms with Crippen LogP contribution in [0.4, 0.5) is 10.1 Å². The van der Waals surface area contributed by atoms with Crippen LogP contribution in [0.3, 0.4) is 0 Å². The van der Waals surface area contributed by atoms with Crippen LogP contribution in [0, 0.1) is 17.1 Å². The van der Waals surface area contributed by atoms with Crippen LogP contribution in [0.25, 0.3) is 0 Å².